The highest BCUT2D eigenvalue weighted by molar-refractivity contribution is 9.10. The van der Waals surface area contributed by atoms with Gasteiger partial charge in [-0.25, -0.2) is 0 Å². The highest BCUT2D eigenvalue weighted by atomic mass is 79.9. The predicted octanol–water partition coefficient (Wildman–Crippen LogP) is 4.70. The minimum absolute atomic E-state index is 0.425. The number of aryl methyl sites for hydroxylation is 1. The van der Waals surface area contributed by atoms with Crippen molar-refractivity contribution in [2.75, 3.05) is 25.4 Å². The van der Waals surface area contributed by atoms with E-state index in [2.05, 4.69) is 70.9 Å². The fourth-order valence-electron chi connectivity index (χ4n) is 4.73. The average molecular weight is 484 g/mol. The van der Waals surface area contributed by atoms with Crippen LogP contribution in [-0.4, -0.2) is 50.0 Å². The van der Waals surface area contributed by atoms with Gasteiger partial charge in [0.15, 0.2) is 11.0 Å². The summed E-state index contributed by atoms with van der Waals surface area (Å²) in [6.45, 7) is 5.61. The number of likely N-dealkylation sites (tertiary alicyclic amines) is 1. The molecule has 0 bridgehead atoms. The Morgan fingerprint density at radius 1 is 1.17 bits per heavy atom. The van der Waals surface area contributed by atoms with Gasteiger partial charge in [-0.2, -0.15) is 0 Å². The second-order valence-electron chi connectivity index (χ2n) is 8.55. The molecule has 2 aliphatic rings. The van der Waals surface area contributed by atoms with Crippen LogP contribution in [0.1, 0.15) is 24.1 Å². The number of benzene rings is 1. The highest BCUT2D eigenvalue weighted by Crippen LogP contribution is 2.59. The third-order valence-corrected chi connectivity index (χ3v) is 8.12. The highest BCUT2D eigenvalue weighted by Gasteiger charge is 2.60. The van der Waals surface area contributed by atoms with Crippen molar-refractivity contribution in [2.45, 2.75) is 30.3 Å². The Bertz CT molecular complexity index is 1030. The van der Waals surface area contributed by atoms with Crippen molar-refractivity contribution in [1.29, 1.82) is 0 Å². The van der Waals surface area contributed by atoms with Crippen LogP contribution in [0.3, 0.4) is 0 Å². The van der Waals surface area contributed by atoms with E-state index in [1.165, 1.54) is 31.5 Å². The van der Waals surface area contributed by atoms with E-state index in [9.17, 15) is 0 Å². The number of pyridine rings is 1. The molecule has 2 unspecified atom stereocenters. The van der Waals surface area contributed by atoms with E-state index in [0.717, 1.165) is 44.9 Å². The van der Waals surface area contributed by atoms with E-state index in [1.54, 1.807) is 11.8 Å². The Balaban J connectivity index is 1.12. The van der Waals surface area contributed by atoms with Crippen LogP contribution in [-0.2, 0) is 12.5 Å². The molecule has 1 saturated heterocycles. The normalized spacial score (nSPS) is 23.0. The zero-order valence-corrected chi connectivity index (χ0v) is 19.8. The van der Waals surface area contributed by atoms with Gasteiger partial charge >= 0.3 is 0 Å². The lowest BCUT2D eigenvalue weighted by Crippen LogP contribution is -2.27. The van der Waals surface area contributed by atoms with Crippen LogP contribution < -0.4 is 0 Å². The first-order valence-corrected chi connectivity index (χ1v) is 12.3. The molecule has 2 aromatic heterocycles. The van der Waals surface area contributed by atoms with Crippen LogP contribution >= 0.6 is 27.7 Å². The number of rotatable bonds is 7. The zero-order valence-electron chi connectivity index (χ0n) is 17.4. The topological polar surface area (TPSA) is 46.8 Å². The summed E-state index contributed by atoms with van der Waals surface area (Å²) < 4.78 is 3.24. The van der Waals surface area contributed by atoms with Gasteiger partial charge in [0.2, 0.25) is 0 Å². The third kappa shape index (κ3) is 3.83. The quantitative estimate of drug-likeness (QED) is 0.359. The molecule has 3 aromatic rings. The third-order valence-electron chi connectivity index (χ3n) is 6.49. The Morgan fingerprint density at radius 2 is 2.00 bits per heavy atom. The van der Waals surface area contributed by atoms with Crippen molar-refractivity contribution in [3.8, 4) is 11.4 Å². The monoisotopic (exact) mass is 483 g/mol. The smallest absolute Gasteiger partial charge is 0.191 e. The maximum Gasteiger partial charge on any atom is 0.191 e. The van der Waals surface area contributed by atoms with Crippen molar-refractivity contribution in [3.05, 3.63) is 58.3 Å². The average Bonchev–Trinajstić information content (AvgIpc) is 3.12. The lowest BCUT2D eigenvalue weighted by Gasteiger charge is -2.21. The minimum Gasteiger partial charge on any atom is -0.305 e. The summed E-state index contributed by atoms with van der Waals surface area (Å²) in [5, 5.41) is 9.74. The van der Waals surface area contributed by atoms with E-state index < -0.39 is 0 Å². The van der Waals surface area contributed by atoms with Crippen LogP contribution in [0.25, 0.3) is 11.4 Å². The number of thioether (sulfide) groups is 1. The lowest BCUT2D eigenvalue weighted by molar-refractivity contribution is 0.299. The molecule has 2 fully saturated rings. The fourth-order valence-corrected chi connectivity index (χ4v) is 5.83. The van der Waals surface area contributed by atoms with Gasteiger partial charge in [0.1, 0.15) is 0 Å². The molecule has 0 amide bonds. The predicted molar refractivity (Wildman–Crippen MR) is 125 cm³/mol. The van der Waals surface area contributed by atoms with Gasteiger partial charge < -0.3 is 9.47 Å². The van der Waals surface area contributed by atoms with Crippen molar-refractivity contribution in [3.63, 3.8) is 0 Å². The van der Waals surface area contributed by atoms with E-state index in [-0.39, 0.29) is 0 Å². The first-order valence-electron chi connectivity index (χ1n) is 10.5. The summed E-state index contributed by atoms with van der Waals surface area (Å²) in [5.41, 5.74) is 3.97. The molecule has 0 spiro atoms. The van der Waals surface area contributed by atoms with Crippen LogP contribution in [0.4, 0.5) is 0 Å². The van der Waals surface area contributed by atoms with Gasteiger partial charge in [-0.05, 0) is 62.1 Å². The van der Waals surface area contributed by atoms with Crippen LogP contribution in [0.15, 0.2) is 52.2 Å². The summed E-state index contributed by atoms with van der Waals surface area (Å²) in [7, 11) is 2.04. The van der Waals surface area contributed by atoms with Gasteiger partial charge in [-0.3, -0.25) is 4.98 Å². The van der Waals surface area contributed by atoms with E-state index in [4.69, 9.17) is 0 Å². The van der Waals surface area contributed by atoms with Crippen LogP contribution in [0.2, 0.25) is 0 Å². The summed E-state index contributed by atoms with van der Waals surface area (Å²) in [4.78, 5) is 7.02. The Hall–Kier alpha value is -1.70. The van der Waals surface area contributed by atoms with E-state index in [1.807, 2.05) is 26.2 Å². The molecule has 1 saturated carbocycles. The van der Waals surface area contributed by atoms with Gasteiger partial charge in [0.05, 0.1) is 0 Å². The standard InChI is InChI=1S/C23H26BrN5S/c1-16-4-5-17(13-25-16)21-26-27-22(28(21)2)30-11-3-10-29-14-19-12-23(19,15-29)18-6-8-20(24)9-7-18/h4-9,13,19H,3,10-12,14-15H2,1-2H3. The van der Waals surface area contributed by atoms with Gasteiger partial charge in [0, 0.05) is 53.2 Å². The van der Waals surface area contributed by atoms with E-state index in [0.29, 0.717) is 5.41 Å². The molecule has 1 aromatic carbocycles. The Kier molecular flexibility index (Phi) is 5.45. The largest absolute Gasteiger partial charge is 0.305 e. The molecular formula is C23H26BrN5S. The minimum atomic E-state index is 0.425. The maximum absolute atomic E-state index is 4.39. The second kappa shape index (κ2) is 8.09. The first-order chi connectivity index (χ1) is 14.5. The molecule has 2 atom stereocenters. The van der Waals surface area contributed by atoms with Crippen LogP contribution in [0, 0.1) is 12.8 Å². The van der Waals surface area contributed by atoms with Gasteiger partial charge in [-0.15, -0.1) is 10.2 Å². The number of piperidine rings is 1. The molecule has 5 nitrogen and oxygen atoms in total. The van der Waals surface area contributed by atoms with Gasteiger partial charge in [-0.1, -0.05) is 39.8 Å². The number of nitrogens with zero attached hydrogens (tertiary/aromatic N) is 5. The van der Waals surface area contributed by atoms with Crippen molar-refractivity contribution in [1.82, 2.24) is 24.6 Å². The molecule has 7 heteroatoms. The molecule has 0 radical (unpaired) electrons. The molecule has 1 aliphatic carbocycles. The second-order valence-corrected chi connectivity index (χ2v) is 10.5. The summed E-state index contributed by atoms with van der Waals surface area (Å²) in [6.07, 6.45) is 4.39. The number of halogens is 1. The summed E-state index contributed by atoms with van der Waals surface area (Å²) >= 11 is 5.35. The molecule has 0 N–H and O–H groups in total. The Morgan fingerprint density at radius 3 is 2.77 bits per heavy atom. The zero-order chi connectivity index (χ0) is 20.7. The molecule has 3 heterocycles. The van der Waals surface area contributed by atoms with Crippen molar-refractivity contribution < 1.29 is 0 Å². The molecule has 5 rings (SSSR count). The van der Waals surface area contributed by atoms with Crippen molar-refractivity contribution >= 4 is 27.7 Å². The van der Waals surface area contributed by atoms with E-state index >= 15 is 0 Å². The molecule has 156 valence electrons. The SMILES string of the molecule is Cc1ccc(-c2nnc(SCCCN3CC4CC4(c4ccc(Br)cc4)C3)n2C)cn1. The maximum atomic E-state index is 4.39. The molecule has 1 aliphatic heterocycles. The number of fused-ring (bicyclic) bond motifs is 1. The fraction of sp³-hybridized carbons (Fsp3) is 0.435. The van der Waals surface area contributed by atoms with Gasteiger partial charge in [0.25, 0.3) is 0 Å². The lowest BCUT2D eigenvalue weighted by atomic mass is 9.95. The first kappa shape index (κ1) is 20.2. The molecule has 30 heavy (non-hydrogen) atoms. The summed E-state index contributed by atoms with van der Waals surface area (Å²) in [5.74, 6) is 2.78. The number of aromatic nitrogens is 4. The molecular weight excluding hydrogens is 458 g/mol. The number of hydrogen-bond donors (Lipinski definition) is 0. The number of hydrogen-bond acceptors (Lipinski definition) is 5. The summed E-state index contributed by atoms with van der Waals surface area (Å²) in [6, 6.07) is 13.0. The Labute approximate surface area is 190 Å². The van der Waals surface area contributed by atoms with Crippen molar-refractivity contribution in [2.24, 2.45) is 13.0 Å². The van der Waals surface area contributed by atoms with Crippen LogP contribution in [0.5, 0.6) is 0 Å².